The summed E-state index contributed by atoms with van der Waals surface area (Å²) in [6.07, 6.45) is 9.88. The van der Waals surface area contributed by atoms with Crippen molar-refractivity contribution in [3.05, 3.63) is 47.0 Å². The Morgan fingerprint density at radius 2 is 1.79 bits per heavy atom. The first kappa shape index (κ1) is 26.4. The van der Waals surface area contributed by atoms with Crippen molar-refractivity contribution in [1.82, 2.24) is 29.5 Å². The Bertz CT molecular complexity index is 1610. The average molecular weight is 549 g/mol. The summed E-state index contributed by atoms with van der Waals surface area (Å²) in [5.74, 6) is 1.41. The number of sulfone groups is 1. The number of aromatic nitrogens is 5. The Balaban J connectivity index is 1.27. The summed E-state index contributed by atoms with van der Waals surface area (Å²) < 4.78 is 26.3. The predicted molar refractivity (Wildman–Crippen MR) is 156 cm³/mol. The molecule has 0 unspecified atom stereocenters. The normalized spacial score (nSPS) is 22.9. The molecule has 39 heavy (non-hydrogen) atoms. The van der Waals surface area contributed by atoms with Crippen molar-refractivity contribution in [1.29, 1.82) is 0 Å². The van der Waals surface area contributed by atoms with Crippen LogP contribution >= 0.6 is 0 Å². The van der Waals surface area contributed by atoms with Gasteiger partial charge in [0, 0.05) is 41.5 Å². The van der Waals surface area contributed by atoms with Crippen LogP contribution in [0, 0.1) is 13.8 Å². The minimum absolute atomic E-state index is 0.307. The molecular weight excluding hydrogens is 508 g/mol. The third-order valence-electron chi connectivity index (χ3n) is 9.15. The number of fused-ring (bicyclic) bond motifs is 2. The van der Waals surface area contributed by atoms with Crippen LogP contribution in [0.4, 0.5) is 0 Å². The first-order chi connectivity index (χ1) is 18.7. The van der Waals surface area contributed by atoms with Crippen molar-refractivity contribution in [2.45, 2.75) is 84.1 Å². The minimum Gasteiger partial charge on any atom is -0.353 e. The molecule has 1 saturated heterocycles. The summed E-state index contributed by atoms with van der Waals surface area (Å²) in [5, 5.41) is 4.41. The largest absolute Gasteiger partial charge is 0.353 e. The van der Waals surface area contributed by atoms with Gasteiger partial charge in [0.1, 0.15) is 6.33 Å². The Morgan fingerprint density at radius 1 is 1.00 bits per heavy atom. The van der Waals surface area contributed by atoms with E-state index in [1.807, 2.05) is 4.52 Å². The maximum Gasteiger partial charge on any atom is 0.158 e. The van der Waals surface area contributed by atoms with Gasteiger partial charge < -0.3 is 4.98 Å². The zero-order valence-corrected chi connectivity index (χ0v) is 24.4. The predicted octanol–water partition coefficient (Wildman–Crippen LogP) is 5.55. The molecule has 1 aliphatic carbocycles. The van der Waals surface area contributed by atoms with E-state index in [4.69, 9.17) is 4.98 Å². The molecule has 1 aliphatic heterocycles. The monoisotopic (exact) mass is 548 g/mol. The van der Waals surface area contributed by atoms with Crippen LogP contribution in [0.5, 0.6) is 0 Å². The maximum absolute atomic E-state index is 12.2. The van der Waals surface area contributed by atoms with Crippen LogP contribution in [-0.4, -0.2) is 68.5 Å². The molecule has 2 aliphatic rings. The Morgan fingerprint density at radius 3 is 2.56 bits per heavy atom. The average Bonchev–Trinajstić information content (AvgIpc) is 3.53. The van der Waals surface area contributed by atoms with Gasteiger partial charge in [-0.3, -0.25) is 9.88 Å². The van der Waals surface area contributed by atoms with Crippen LogP contribution in [0.3, 0.4) is 0 Å². The van der Waals surface area contributed by atoms with E-state index in [2.05, 4.69) is 66.0 Å². The molecule has 0 radical (unpaired) electrons. The van der Waals surface area contributed by atoms with Crippen molar-refractivity contribution < 1.29 is 8.42 Å². The van der Waals surface area contributed by atoms with Crippen LogP contribution in [0.25, 0.3) is 27.9 Å². The van der Waals surface area contributed by atoms with Gasteiger partial charge in [-0.05, 0) is 88.1 Å². The topological polar surface area (TPSA) is 96.2 Å². The highest BCUT2D eigenvalue weighted by atomic mass is 32.2. The van der Waals surface area contributed by atoms with Crippen molar-refractivity contribution in [2.75, 3.05) is 24.6 Å². The van der Waals surface area contributed by atoms with E-state index >= 15 is 0 Å². The molecule has 0 spiro atoms. The highest BCUT2D eigenvalue weighted by Gasteiger charge is 2.30. The molecule has 0 amide bonds. The number of aromatic amines is 1. The highest BCUT2D eigenvalue weighted by molar-refractivity contribution is 7.91. The van der Waals surface area contributed by atoms with E-state index in [9.17, 15) is 8.42 Å². The summed E-state index contributed by atoms with van der Waals surface area (Å²) in [7, 11) is -2.89. The van der Waals surface area contributed by atoms with Gasteiger partial charge in [0.25, 0.3) is 0 Å². The molecule has 1 saturated carbocycles. The van der Waals surface area contributed by atoms with Crippen LogP contribution in [0.2, 0.25) is 0 Å². The van der Waals surface area contributed by atoms with Crippen molar-refractivity contribution in [3.8, 4) is 11.3 Å². The van der Waals surface area contributed by atoms with Crippen LogP contribution < -0.4 is 0 Å². The number of pyridine rings is 2. The number of nitrogens with zero attached hydrogens (tertiary/aromatic N) is 5. The lowest BCUT2D eigenvalue weighted by Gasteiger charge is -2.37. The van der Waals surface area contributed by atoms with E-state index in [1.165, 1.54) is 16.8 Å². The molecule has 1 N–H and O–H groups in total. The molecule has 5 heterocycles. The van der Waals surface area contributed by atoms with Gasteiger partial charge >= 0.3 is 0 Å². The Kier molecular flexibility index (Phi) is 7.00. The van der Waals surface area contributed by atoms with Crippen molar-refractivity contribution in [2.24, 2.45) is 0 Å². The highest BCUT2D eigenvalue weighted by Crippen LogP contribution is 2.39. The summed E-state index contributed by atoms with van der Waals surface area (Å²) in [4.78, 5) is 15.9. The van der Waals surface area contributed by atoms with Gasteiger partial charge in [-0.25, -0.2) is 17.9 Å². The van der Waals surface area contributed by atoms with E-state index in [1.54, 1.807) is 6.33 Å². The second kappa shape index (κ2) is 10.3. The van der Waals surface area contributed by atoms with E-state index in [-0.39, 0.29) is 0 Å². The smallest absolute Gasteiger partial charge is 0.158 e. The molecule has 2 fully saturated rings. The number of aryl methyl sites for hydroxylation is 1. The van der Waals surface area contributed by atoms with Gasteiger partial charge in [-0.1, -0.05) is 13.8 Å². The SMILES string of the molecule is Cc1c(-c2[nH]c3ccc(C4CCC(N5CCCCS(=O)(=O)CC5)CC4)nc3c2C(C)C)cn2ncnc2c1C. The molecule has 4 aromatic heterocycles. The number of hydrogen-bond donors (Lipinski definition) is 1. The summed E-state index contributed by atoms with van der Waals surface area (Å²) >= 11 is 0. The third kappa shape index (κ3) is 4.99. The van der Waals surface area contributed by atoms with Gasteiger partial charge in [0.2, 0.25) is 0 Å². The van der Waals surface area contributed by atoms with E-state index in [0.717, 1.165) is 78.6 Å². The van der Waals surface area contributed by atoms with Crippen molar-refractivity contribution in [3.63, 3.8) is 0 Å². The van der Waals surface area contributed by atoms with Gasteiger partial charge in [0.15, 0.2) is 15.5 Å². The molecule has 9 heteroatoms. The summed E-state index contributed by atoms with van der Waals surface area (Å²) in [6, 6.07) is 4.90. The quantitative estimate of drug-likeness (QED) is 0.359. The van der Waals surface area contributed by atoms with Crippen molar-refractivity contribution >= 4 is 26.5 Å². The molecule has 208 valence electrons. The first-order valence-corrected chi connectivity index (χ1v) is 16.3. The summed E-state index contributed by atoms with van der Waals surface area (Å²) in [6.45, 7) is 10.5. The lowest BCUT2D eigenvalue weighted by Crippen LogP contribution is -2.42. The summed E-state index contributed by atoms with van der Waals surface area (Å²) in [5.41, 5.74) is 10.1. The van der Waals surface area contributed by atoms with Crippen LogP contribution in [0.1, 0.15) is 86.6 Å². The van der Waals surface area contributed by atoms with Gasteiger partial charge in [-0.2, -0.15) is 5.10 Å². The fraction of sp³-hybridized carbons (Fsp3) is 0.567. The zero-order valence-electron chi connectivity index (χ0n) is 23.6. The fourth-order valence-electron chi connectivity index (χ4n) is 6.77. The van der Waals surface area contributed by atoms with E-state index < -0.39 is 9.84 Å². The zero-order chi connectivity index (χ0) is 27.3. The lowest BCUT2D eigenvalue weighted by atomic mass is 9.83. The maximum atomic E-state index is 12.2. The second-order valence-corrected chi connectivity index (χ2v) is 14.2. The molecule has 6 rings (SSSR count). The van der Waals surface area contributed by atoms with Crippen LogP contribution in [-0.2, 0) is 9.84 Å². The van der Waals surface area contributed by atoms with Gasteiger partial charge in [-0.15, -0.1) is 0 Å². The standard InChI is InChI=1S/C30H40N6O2S/c1-19(2)27-28(24-17-36-30(31-18-32-36)21(4)20(24)3)34-26-12-11-25(33-29(26)27)22-7-9-23(10-8-22)35-13-5-6-15-39(37,38)16-14-35/h11-12,17-19,22-23,34H,5-10,13-16H2,1-4H3. The first-order valence-electron chi connectivity index (χ1n) is 14.5. The molecule has 0 atom stereocenters. The van der Waals surface area contributed by atoms with Gasteiger partial charge in [0.05, 0.1) is 28.2 Å². The molecule has 4 aromatic rings. The molecular formula is C30H40N6O2S. The number of nitrogens with one attached hydrogen (secondary N) is 1. The molecule has 0 aromatic carbocycles. The molecule has 8 nitrogen and oxygen atoms in total. The fourth-order valence-corrected chi connectivity index (χ4v) is 8.13. The van der Waals surface area contributed by atoms with Crippen LogP contribution in [0.15, 0.2) is 24.7 Å². The molecule has 0 bridgehead atoms. The number of H-pyrrole nitrogens is 1. The third-order valence-corrected chi connectivity index (χ3v) is 10.9. The van der Waals surface area contributed by atoms with E-state index in [0.29, 0.717) is 35.9 Å². The Labute approximate surface area is 231 Å². The number of rotatable bonds is 4. The Hall–Kier alpha value is -2.78. The number of hydrogen-bond acceptors (Lipinski definition) is 6. The minimum atomic E-state index is -2.89. The lowest BCUT2D eigenvalue weighted by molar-refractivity contribution is 0.153. The second-order valence-electron chi connectivity index (χ2n) is 11.9.